The standard InChI is InChI=1S/C15H18O/c1-4-15(16-3)13(2)9-8-12-14-10-6-5-7-11-14/h4-7,10-11,13,15H,1,9H2,2-3H3. The Balaban J connectivity index is 2.51. The van der Waals surface area contributed by atoms with Gasteiger partial charge in [0.25, 0.3) is 0 Å². The molecule has 0 aromatic heterocycles. The summed E-state index contributed by atoms with van der Waals surface area (Å²) in [5.74, 6) is 6.69. The van der Waals surface area contributed by atoms with Crippen LogP contribution in [0.15, 0.2) is 43.0 Å². The number of ether oxygens (including phenoxy) is 1. The molecule has 0 saturated carbocycles. The zero-order valence-corrected chi connectivity index (χ0v) is 9.94. The molecule has 2 atom stereocenters. The van der Waals surface area contributed by atoms with Crippen molar-refractivity contribution in [3.8, 4) is 11.8 Å². The molecule has 0 saturated heterocycles. The summed E-state index contributed by atoms with van der Waals surface area (Å²) >= 11 is 0. The Labute approximate surface area is 98.1 Å². The molecule has 0 heterocycles. The van der Waals surface area contributed by atoms with E-state index in [-0.39, 0.29) is 6.10 Å². The highest BCUT2D eigenvalue weighted by Gasteiger charge is 2.10. The SMILES string of the molecule is C=CC(OC)C(C)CC#Cc1ccccc1. The first-order valence-electron chi connectivity index (χ1n) is 5.47. The van der Waals surface area contributed by atoms with E-state index in [9.17, 15) is 0 Å². The van der Waals surface area contributed by atoms with Gasteiger partial charge in [0.1, 0.15) is 0 Å². The number of benzene rings is 1. The van der Waals surface area contributed by atoms with Crippen LogP contribution in [-0.2, 0) is 4.74 Å². The summed E-state index contributed by atoms with van der Waals surface area (Å²) in [4.78, 5) is 0. The number of hydrogen-bond acceptors (Lipinski definition) is 1. The van der Waals surface area contributed by atoms with Crippen LogP contribution in [0.2, 0.25) is 0 Å². The normalized spacial score (nSPS) is 13.4. The van der Waals surface area contributed by atoms with E-state index in [1.54, 1.807) is 7.11 Å². The maximum atomic E-state index is 5.28. The van der Waals surface area contributed by atoms with Crippen LogP contribution >= 0.6 is 0 Å². The monoisotopic (exact) mass is 214 g/mol. The van der Waals surface area contributed by atoms with Crippen LogP contribution in [0.1, 0.15) is 18.9 Å². The van der Waals surface area contributed by atoms with Gasteiger partial charge in [0, 0.05) is 19.1 Å². The van der Waals surface area contributed by atoms with E-state index in [4.69, 9.17) is 4.74 Å². The summed E-state index contributed by atoms with van der Waals surface area (Å²) in [7, 11) is 1.70. The van der Waals surface area contributed by atoms with Crippen LogP contribution in [0, 0.1) is 17.8 Å². The summed E-state index contributed by atoms with van der Waals surface area (Å²) < 4.78 is 5.28. The van der Waals surface area contributed by atoms with Crippen molar-refractivity contribution in [1.29, 1.82) is 0 Å². The van der Waals surface area contributed by atoms with E-state index in [1.807, 2.05) is 36.4 Å². The molecule has 0 aliphatic heterocycles. The van der Waals surface area contributed by atoms with Gasteiger partial charge in [-0.25, -0.2) is 0 Å². The Morgan fingerprint density at radius 3 is 2.62 bits per heavy atom. The van der Waals surface area contributed by atoms with E-state index in [2.05, 4.69) is 25.3 Å². The average molecular weight is 214 g/mol. The van der Waals surface area contributed by atoms with E-state index in [1.165, 1.54) is 0 Å². The number of hydrogen-bond donors (Lipinski definition) is 0. The van der Waals surface area contributed by atoms with Gasteiger partial charge in [-0.1, -0.05) is 43.0 Å². The van der Waals surface area contributed by atoms with E-state index in [0.29, 0.717) is 5.92 Å². The quantitative estimate of drug-likeness (QED) is 0.552. The van der Waals surface area contributed by atoms with Crippen molar-refractivity contribution in [3.63, 3.8) is 0 Å². The maximum absolute atomic E-state index is 5.28. The molecule has 16 heavy (non-hydrogen) atoms. The molecule has 1 nitrogen and oxygen atoms in total. The van der Waals surface area contributed by atoms with Gasteiger partial charge < -0.3 is 4.74 Å². The predicted octanol–water partition coefficient (Wildman–Crippen LogP) is 3.27. The Kier molecular flexibility index (Phi) is 5.39. The molecule has 1 aromatic rings. The van der Waals surface area contributed by atoms with Crippen LogP contribution < -0.4 is 0 Å². The van der Waals surface area contributed by atoms with Crippen LogP contribution in [0.4, 0.5) is 0 Å². The number of methoxy groups -OCH3 is 1. The van der Waals surface area contributed by atoms with E-state index < -0.39 is 0 Å². The molecule has 0 radical (unpaired) electrons. The molecule has 1 heteroatoms. The minimum absolute atomic E-state index is 0.0880. The number of rotatable bonds is 4. The molecule has 0 bridgehead atoms. The lowest BCUT2D eigenvalue weighted by Gasteiger charge is -2.16. The third-order valence-corrected chi connectivity index (χ3v) is 2.50. The fourth-order valence-electron chi connectivity index (χ4n) is 1.51. The van der Waals surface area contributed by atoms with Crippen molar-refractivity contribution >= 4 is 0 Å². The van der Waals surface area contributed by atoms with Crippen molar-refractivity contribution in [2.75, 3.05) is 7.11 Å². The molecule has 0 fully saturated rings. The highest BCUT2D eigenvalue weighted by Crippen LogP contribution is 2.11. The molecule has 0 amide bonds. The molecule has 0 aliphatic carbocycles. The van der Waals surface area contributed by atoms with E-state index in [0.717, 1.165) is 12.0 Å². The van der Waals surface area contributed by atoms with Gasteiger partial charge in [-0.2, -0.15) is 0 Å². The van der Waals surface area contributed by atoms with Gasteiger partial charge in [-0.05, 0) is 18.1 Å². The highest BCUT2D eigenvalue weighted by molar-refractivity contribution is 5.33. The molecule has 84 valence electrons. The van der Waals surface area contributed by atoms with Crippen LogP contribution in [0.25, 0.3) is 0 Å². The highest BCUT2D eigenvalue weighted by atomic mass is 16.5. The zero-order valence-electron chi connectivity index (χ0n) is 9.94. The van der Waals surface area contributed by atoms with Crippen LogP contribution in [-0.4, -0.2) is 13.2 Å². The van der Waals surface area contributed by atoms with Crippen molar-refractivity contribution in [3.05, 3.63) is 48.6 Å². The summed E-state index contributed by atoms with van der Waals surface area (Å²) in [6, 6.07) is 10.0. The summed E-state index contributed by atoms with van der Waals surface area (Å²) in [5, 5.41) is 0. The minimum Gasteiger partial charge on any atom is -0.377 e. The third-order valence-electron chi connectivity index (χ3n) is 2.50. The fourth-order valence-corrected chi connectivity index (χ4v) is 1.51. The molecular weight excluding hydrogens is 196 g/mol. The second kappa shape index (κ2) is 6.87. The summed E-state index contributed by atoms with van der Waals surface area (Å²) in [6.07, 6.45) is 2.74. The molecule has 0 spiro atoms. The molecule has 0 N–H and O–H groups in total. The maximum Gasteiger partial charge on any atom is 0.0784 e. The topological polar surface area (TPSA) is 9.23 Å². The zero-order chi connectivity index (χ0) is 11.8. The first-order chi connectivity index (χ1) is 7.77. The van der Waals surface area contributed by atoms with Gasteiger partial charge in [0.2, 0.25) is 0 Å². The Hall–Kier alpha value is -1.52. The molecule has 0 aliphatic rings. The summed E-state index contributed by atoms with van der Waals surface area (Å²) in [6.45, 7) is 5.87. The van der Waals surface area contributed by atoms with Crippen molar-refractivity contribution in [2.24, 2.45) is 5.92 Å². The lowest BCUT2D eigenvalue weighted by Crippen LogP contribution is -2.16. The largest absolute Gasteiger partial charge is 0.377 e. The van der Waals surface area contributed by atoms with Crippen LogP contribution in [0.5, 0.6) is 0 Å². The van der Waals surface area contributed by atoms with Gasteiger partial charge in [-0.15, -0.1) is 6.58 Å². The Morgan fingerprint density at radius 2 is 2.06 bits per heavy atom. The van der Waals surface area contributed by atoms with Gasteiger partial charge in [-0.3, -0.25) is 0 Å². The Morgan fingerprint density at radius 1 is 1.38 bits per heavy atom. The predicted molar refractivity (Wildman–Crippen MR) is 68.1 cm³/mol. The van der Waals surface area contributed by atoms with Gasteiger partial charge >= 0.3 is 0 Å². The van der Waals surface area contributed by atoms with Gasteiger partial charge in [0.15, 0.2) is 0 Å². The first kappa shape index (κ1) is 12.5. The Bertz CT molecular complexity index is 369. The second-order valence-corrected chi connectivity index (χ2v) is 3.79. The van der Waals surface area contributed by atoms with Gasteiger partial charge in [0.05, 0.1) is 6.10 Å². The lowest BCUT2D eigenvalue weighted by atomic mass is 10.0. The minimum atomic E-state index is 0.0880. The van der Waals surface area contributed by atoms with Crippen LogP contribution in [0.3, 0.4) is 0 Å². The molecule has 1 rings (SSSR count). The molecule has 2 unspecified atom stereocenters. The smallest absolute Gasteiger partial charge is 0.0784 e. The summed E-state index contributed by atoms with van der Waals surface area (Å²) in [5.41, 5.74) is 1.06. The molecule has 1 aromatic carbocycles. The van der Waals surface area contributed by atoms with E-state index >= 15 is 0 Å². The first-order valence-corrected chi connectivity index (χ1v) is 5.47. The lowest BCUT2D eigenvalue weighted by molar-refractivity contribution is 0.0986. The van der Waals surface area contributed by atoms with Crippen molar-refractivity contribution in [2.45, 2.75) is 19.4 Å². The van der Waals surface area contributed by atoms with Crippen molar-refractivity contribution < 1.29 is 4.74 Å². The average Bonchev–Trinajstić information content (AvgIpc) is 2.32. The third kappa shape index (κ3) is 3.92. The fraction of sp³-hybridized carbons (Fsp3) is 0.333. The molecular formula is C15H18O. The second-order valence-electron chi connectivity index (χ2n) is 3.79. The van der Waals surface area contributed by atoms with Crippen molar-refractivity contribution in [1.82, 2.24) is 0 Å².